The third-order valence-electron chi connectivity index (χ3n) is 11.6. The van der Waals surface area contributed by atoms with Crippen molar-refractivity contribution >= 4 is 87.9 Å². The van der Waals surface area contributed by atoms with Crippen molar-refractivity contribution in [2.45, 2.75) is 155 Å². The monoisotopic (exact) mass is 1420 g/mol. The molecule has 10 nitrogen and oxygen atoms in total. The number of rotatable bonds is 23. The van der Waals surface area contributed by atoms with Gasteiger partial charge in [0.1, 0.15) is 28.5 Å². The van der Waals surface area contributed by atoms with Gasteiger partial charge < -0.3 is 9.79 Å². The second-order valence-electron chi connectivity index (χ2n) is 21.9. The molecule has 4 aromatic carbocycles. The van der Waals surface area contributed by atoms with Gasteiger partial charge in [0.05, 0.1) is 0 Å². The molecule has 0 saturated heterocycles. The first-order chi connectivity index (χ1) is 35.1. The largest absolute Gasteiger partial charge is 0.612 e. The summed E-state index contributed by atoms with van der Waals surface area (Å²) >= 11 is 0. The van der Waals surface area contributed by atoms with Crippen LogP contribution in [0.15, 0.2) is 130 Å². The van der Waals surface area contributed by atoms with Crippen molar-refractivity contribution in [1.29, 1.82) is 0 Å². The summed E-state index contributed by atoms with van der Waals surface area (Å²) in [7, 11) is -5.45. The SMILES string of the molecule is CCCC(C)C(=O)C(=O)C(C)(C)C.CCCC(C)C(=O)C(=O)C(C)(C)C.CCCC(C)C(=O)C(=O)C(C)(C)C.[O-][P+](CCCC[P+]([O-])=NP(c1ccccc1)c1ccccc1)=NP(c1ccccc1)c1ccccc1.[Tb].[Tb]. The van der Waals surface area contributed by atoms with Crippen molar-refractivity contribution in [1.82, 2.24) is 0 Å². The van der Waals surface area contributed by atoms with Crippen molar-refractivity contribution < 1.29 is 116 Å². The zero-order chi connectivity index (χ0) is 56.9. The Morgan fingerprint density at radius 1 is 0.416 bits per heavy atom. The Morgan fingerprint density at radius 3 is 0.779 bits per heavy atom. The van der Waals surface area contributed by atoms with Gasteiger partial charge in [0, 0.05) is 132 Å². The zero-order valence-corrected chi connectivity index (χ0v) is 56.3. The van der Waals surface area contributed by atoms with E-state index in [4.69, 9.17) is 9.03 Å². The standard InChI is InChI=1S/C28H28N2O2P4.3C11H20O2.2Tb/c31-33(29-35(25-15-5-1-6-16-25)26-17-7-2-8-18-26)23-13-14-24-34(32)30-36(27-19-9-3-10-20-27)28-21-11-4-12-22-28;3*1-6-7-8(2)9(12)10(13)11(3,4)5;;/h1-12,15-22H,13-14,23-24H2;3*8H,6-7H2,1-5H3;;. The molecule has 0 amide bonds. The summed E-state index contributed by atoms with van der Waals surface area (Å²) in [5, 5.41) is 4.39. The van der Waals surface area contributed by atoms with Crippen LogP contribution in [-0.4, -0.2) is 47.0 Å². The van der Waals surface area contributed by atoms with E-state index in [0.29, 0.717) is 12.3 Å². The van der Waals surface area contributed by atoms with Gasteiger partial charge in [-0.15, -0.1) is 0 Å². The van der Waals surface area contributed by atoms with Crippen LogP contribution in [0.3, 0.4) is 0 Å². The first kappa shape index (κ1) is 77.5. The van der Waals surface area contributed by atoms with E-state index in [2.05, 4.69) is 48.5 Å². The molecule has 0 spiro atoms. The van der Waals surface area contributed by atoms with Crippen LogP contribution in [0.1, 0.15) is 155 Å². The fraction of sp³-hybridized carbons (Fsp3) is 0.508. The van der Waals surface area contributed by atoms with E-state index in [0.717, 1.165) is 72.6 Å². The Bertz CT molecular complexity index is 2140. The van der Waals surface area contributed by atoms with Crippen molar-refractivity contribution in [2.75, 3.05) is 12.3 Å². The molecule has 5 atom stereocenters. The number of ketones is 6. The first-order valence-electron chi connectivity index (χ1n) is 26.5. The molecule has 16 heteroatoms. The number of unbranched alkanes of at least 4 members (excludes halogenated alkanes) is 1. The predicted octanol–water partition coefficient (Wildman–Crippen LogP) is 13.6. The molecule has 4 rings (SSSR count). The van der Waals surface area contributed by atoms with Gasteiger partial charge in [0.25, 0.3) is 0 Å². The van der Waals surface area contributed by atoms with Gasteiger partial charge in [-0.3, -0.25) is 28.8 Å². The molecule has 0 aliphatic heterocycles. The average Bonchev–Trinajstić information content (AvgIpc) is 3.38. The second-order valence-corrected chi connectivity index (χ2v) is 28.9. The summed E-state index contributed by atoms with van der Waals surface area (Å²) < 4.78 is 9.48. The summed E-state index contributed by atoms with van der Waals surface area (Å²) in [6.45, 7) is 27.6. The summed E-state index contributed by atoms with van der Waals surface area (Å²) in [5.41, 5.74) is -1.59. The van der Waals surface area contributed by atoms with Crippen LogP contribution in [-0.2, 0) is 28.8 Å². The molecule has 0 saturated carbocycles. The van der Waals surface area contributed by atoms with Gasteiger partial charge in [-0.25, -0.2) is 0 Å². The second kappa shape index (κ2) is 40.6. The fourth-order valence-electron chi connectivity index (χ4n) is 7.04. The van der Waals surface area contributed by atoms with E-state index < -0.39 is 48.3 Å². The molecule has 4 aromatic rings. The minimum absolute atomic E-state index is 0. The third-order valence-corrected chi connectivity index (χ3v) is 19.1. The Hall–Kier alpha value is -1.55. The van der Waals surface area contributed by atoms with Crippen LogP contribution in [0.4, 0.5) is 0 Å². The number of nitrogens with zero attached hydrogens (tertiary/aromatic N) is 2. The van der Waals surface area contributed by atoms with Gasteiger partial charge >= 0.3 is 0 Å². The zero-order valence-electron chi connectivity index (χ0n) is 48.5. The molecule has 77 heavy (non-hydrogen) atoms. The Morgan fingerprint density at radius 2 is 0.610 bits per heavy atom. The maximum Gasteiger partial charge on any atom is 0.203 e. The van der Waals surface area contributed by atoms with E-state index >= 15 is 0 Å². The summed E-state index contributed by atoms with van der Waals surface area (Å²) in [6, 6.07) is 40.3. The molecule has 0 aliphatic carbocycles. The van der Waals surface area contributed by atoms with Crippen LogP contribution in [0, 0.1) is 111 Å². The number of carbonyl (C=O) groups is 6. The van der Waals surface area contributed by atoms with Gasteiger partial charge in [-0.2, -0.15) is 0 Å². The van der Waals surface area contributed by atoms with Crippen LogP contribution in [0.5, 0.6) is 0 Å². The smallest absolute Gasteiger partial charge is 0.203 e. The van der Waals surface area contributed by atoms with E-state index in [1.165, 1.54) is 0 Å². The Kier molecular flexibility index (Phi) is 40.9. The van der Waals surface area contributed by atoms with E-state index in [1.807, 2.05) is 114 Å². The molecular formula is C61H88N2O8P4Tb2. The van der Waals surface area contributed by atoms with E-state index in [-0.39, 0.29) is 130 Å². The normalized spacial score (nSPS) is 12.8. The Labute approximate surface area is 530 Å². The minimum atomic E-state index is -1.70. The van der Waals surface area contributed by atoms with Crippen LogP contribution in [0.25, 0.3) is 0 Å². The maximum absolute atomic E-state index is 12.9. The molecular weight excluding hydrogens is 1330 g/mol. The molecule has 2 radical (unpaired) electrons. The van der Waals surface area contributed by atoms with Gasteiger partial charge in [0.2, 0.25) is 34.7 Å². The van der Waals surface area contributed by atoms with Crippen LogP contribution in [0.2, 0.25) is 0 Å². The van der Waals surface area contributed by atoms with Crippen LogP contribution < -0.4 is 31.0 Å². The molecule has 0 aliphatic rings. The maximum atomic E-state index is 12.9. The quantitative estimate of drug-likeness (QED) is 0.0401. The number of hydrogen-bond donors (Lipinski definition) is 0. The Balaban J connectivity index is 0. The van der Waals surface area contributed by atoms with Gasteiger partial charge in [0.15, 0.2) is 15.9 Å². The summed E-state index contributed by atoms with van der Waals surface area (Å²) in [4.78, 5) is 95.0. The minimum Gasteiger partial charge on any atom is -0.612 e. The summed E-state index contributed by atoms with van der Waals surface area (Å²) in [6.07, 6.45) is 7.71. The van der Waals surface area contributed by atoms with Crippen molar-refractivity contribution in [3.63, 3.8) is 0 Å². The number of carbonyl (C=O) groups excluding carboxylic acids is 6. The predicted molar refractivity (Wildman–Crippen MR) is 316 cm³/mol. The number of hydrogen-bond acceptors (Lipinski definition) is 10. The molecule has 5 unspecified atom stereocenters. The van der Waals surface area contributed by atoms with Crippen molar-refractivity contribution in [3.8, 4) is 0 Å². The fourth-order valence-corrected chi connectivity index (χ4v) is 14.4. The van der Waals surface area contributed by atoms with Crippen molar-refractivity contribution in [2.24, 2.45) is 43.0 Å². The number of Topliss-reactive ketones (excluding diaryl/α,β-unsaturated/α-hetero) is 6. The summed E-state index contributed by atoms with van der Waals surface area (Å²) in [5.74, 6) is -1.71. The van der Waals surface area contributed by atoms with Crippen molar-refractivity contribution in [3.05, 3.63) is 121 Å². The molecule has 0 fully saturated rings. The van der Waals surface area contributed by atoms with Gasteiger partial charge in [-0.05, 0) is 32.1 Å². The van der Waals surface area contributed by atoms with E-state index in [9.17, 15) is 38.6 Å². The molecule has 0 aromatic heterocycles. The topological polar surface area (TPSA) is 173 Å². The molecule has 0 N–H and O–H groups in total. The first-order valence-corrected chi connectivity index (χ1v) is 31.9. The molecule has 428 valence electrons. The van der Waals surface area contributed by atoms with Crippen LogP contribution >= 0.6 is 32.0 Å². The number of benzene rings is 4. The average molecular weight is 1420 g/mol. The molecule has 0 heterocycles. The third kappa shape index (κ3) is 30.9. The molecule has 0 bridgehead atoms. The van der Waals surface area contributed by atoms with Gasteiger partial charge in [-0.1, -0.05) is 253 Å². The van der Waals surface area contributed by atoms with E-state index in [1.54, 1.807) is 62.3 Å².